The highest BCUT2D eigenvalue weighted by Gasteiger charge is 2.14. The summed E-state index contributed by atoms with van der Waals surface area (Å²) in [5.74, 6) is 1.16. The van der Waals surface area contributed by atoms with Gasteiger partial charge in [0.25, 0.3) is 0 Å². The normalized spacial score (nSPS) is 20.7. The van der Waals surface area contributed by atoms with E-state index in [4.69, 9.17) is 5.73 Å². The Morgan fingerprint density at radius 1 is 1.53 bits per heavy atom. The molecule has 0 saturated carbocycles. The fourth-order valence-corrected chi connectivity index (χ4v) is 3.05. The van der Waals surface area contributed by atoms with Gasteiger partial charge in [0.05, 0.1) is 0 Å². The molecule has 0 aromatic heterocycles. The van der Waals surface area contributed by atoms with Gasteiger partial charge in [0.15, 0.2) is 0 Å². The molecular formula is C12H18N2S. The van der Waals surface area contributed by atoms with Crippen molar-refractivity contribution in [3.05, 3.63) is 23.8 Å². The minimum Gasteiger partial charge on any atom is -0.398 e. The van der Waals surface area contributed by atoms with Crippen LogP contribution in [-0.2, 0) is 0 Å². The second-order valence-electron chi connectivity index (χ2n) is 4.07. The summed E-state index contributed by atoms with van der Waals surface area (Å²) in [7, 11) is 0. The summed E-state index contributed by atoms with van der Waals surface area (Å²) in [6.45, 7) is 3.28. The second-order valence-corrected chi connectivity index (χ2v) is 5.14. The minimum absolute atomic E-state index is 0.691. The van der Waals surface area contributed by atoms with Gasteiger partial charge in [0, 0.05) is 22.4 Å². The summed E-state index contributed by atoms with van der Waals surface area (Å²) in [4.78, 5) is 1.32. The van der Waals surface area contributed by atoms with E-state index in [-0.39, 0.29) is 0 Å². The Balaban J connectivity index is 1.95. The molecule has 2 nitrogen and oxygen atoms in total. The average Bonchev–Trinajstić information content (AvgIpc) is 2.73. The summed E-state index contributed by atoms with van der Waals surface area (Å²) in [6, 6.07) is 6.85. The molecule has 0 spiro atoms. The van der Waals surface area contributed by atoms with Crippen LogP contribution in [0.2, 0.25) is 0 Å². The monoisotopic (exact) mass is 222 g/mol. The number of rotatable bonds is 3. The van der Waals surface area contributed by atoms with Gasteiger partial charge in [-0.2, -0.15) is 0 Å². The molecule has 0 bridgehead atoms. The summed E-state index contributed by atoms with van der Waals surface area (Å²) in [5, 5.41) is 3.51. The van der Waals surface area contributed by atoms with Gasteiger partial charge in [-0.15, -0.1) is 11.8 Å². The van der Waals surface area contributed by atoms with Crippen LogP contribution >= 0.6 is 11.8 Å². The van der Waals surface area contributed by atoms with Crippen LogP contribution in [0.3, 0.4) is 0 Å². The highest BCUT2D eigenvalue weighted by molar-refractivity contribution is 7.99. The molecule has 3 N–H and O–H groups in total. The minimum atomic E-state index is 0.691. The molecule has 1 heterocycles. The molecule has 1 aromatic carbocycles. The Bertz CT molecular complexity index is 332. The first-order valence-electron chi connectivity index (χ1n) is 5.48. The third-order valence-corrected chi connectivity index (χ3v) is 4.25. The number of hydrogen-bond acceptors (Lipinski definition) is 3. The average molecular weight is 222 g/mol. The molecule has 0 aliphatic carbocycles. The number of nitrogens with two attached hydrogens (primary N) is 1. The van der Waals surface area contributed by atoms with Crippen LogP contribution in [0.15, 0.2) is 23.1 Å². The molecule has 3 heteroatoms. The van der Waals surface area contributed by atoms with Gasteiger partial charge in [-0.3, -0.25) is 0 Å². The van der Waals surface area contributed by atoms with Crippen LogP contribution in [0.1, 0.15) is 18.4 Å². The lowest BCUT2D eigenvalue weighted by molar-refractivity contribution is 0.674. The molecule has 1 aliphatic heterocycles. The van der Waals surface area contributed by atoms with E-state index < -0.39 is 0 Å². The highest BCUT2D eigenvalue weighted by Crippen LogP contribution is 2.27. The van der Waals surface area contributed by atoms with Gasteiger partial charge < -0.3 is 11.1 Å². The number of nitrogens with one attached hydrogen (secondary N) is 1. The van der Waals surface area contributed by atoms with Crippen LogP contribution in [0, 0.1) is 6.92 Å². The fourth-order valence-electron chi connectivity index (χ4n) is 1.88. The molecule has 1 fully saturated rings. The smallest absolute Gasteiger partial charge is 0.0354 e. The molecular weight excluding hydrogens is 204 g/mol. The molecule has 15 heavy (non-hydrogen) atoms. The summed E-state index contributed by atoms with van der Waals surface area (Å²) >= 11 is 1.92. The van der Waals surface area contributed by atoms with E-state index in [9.17, 15) is 0 Å². The first-order chi connectivity index (χ1) is 7.27. The molecule has 1 unspecified atom stereocenters. The topological polar surface area (TPSA) is 38.0 Å². The lowest BCUT2D eigenvalue weighted by Crippen LogP contribution is -2.23. The zero-order valence-electron chi connectivity index (χ0n) is 9.12. The fraction of sp³-hybridized carbons (Fsp3) is 0.500. The Morgan fingerprint density at radius 3 is 3.13 bits per heavy atom. The summed E-state index contributed by atoms with van der Waals surface area (Å²) in [6.07, 6.45) is 2.63. The van der Waals surface area contributed by atoms with E-state index in [1.807, 2.05) is 23.9 Å². The molecule has 1 aromatic rings. The van der Waals surface area contributed by atoms with Crippen molar-refractivity contribution in [3.63, 3.8) is 0 Å². The van der Waals surface area contributed by atoms with Crippen molar-refractivity contribution in [2.75, 3.05) is 18.0 Å². The second kappa shape index (κ2) is 4.90. The van der Waals surface area contributed by atoms with E-state index in [2.05, 4.69) is 18.3 Å². The predicted molar refractivity (Wildman–Crippen MR) is 67.3 cm³/mol. The Kier molecular flexibility index (Phi) is 3.54. The van der Waals surface area contributed by atoms with E-state index in [1.165, 1.54) is 29.8 Å². The van der Waals surface area contributed by atoms with Gasteiger partial charge in [-0.25, -0.2) is 0 Å². The number of nitrogen functional groups attached to an aromatic ring is 1. The summed E-state index contributed by atoms with van der Waals surface area (Å²) in [5.41, 5.74) is 8.00. The Hall–Kier alpha value is -0.670. The molecule has 82 valence electrons. The molecule has 1 saturated heterocycles. The summed E-state index contributed by atoms with van der Waals surface area (Å²) < 4.78 is 0. The standard InChI is InChI=1S/C12H18N2S/c1-9-11(13)5-2-6-12(9)15-8-10-4-3-7-14-10/h2,5-6,10,14H,3-4,7-8,13H2,1H3. The Labute approximate surface area is 95.6 Å². The van der Waals surface area contributed by atoms with Crippen LogP contribution in [-0.4, -0.2) is 18.3 Å². The van der Waals surface area contributed by atoms with E-state index >= 15 is 0 Å². The van der Waals surface area contributed by atoms with Crippen molar-refractivity contribution in [1.29, 1.82) is 0 Å². The zero-order valence-corrected chi connectivity index (χ0v) is 9.94. The third kappa shape index (κ3) is 2.67. The van der Waals surface area contributed by atoms with E-state index in [0.717, 1.165) is 11.4 Å². The van der Waals surface area contributed by atoms with Crippen molar-refractivity contribution in [1.82, 2.24) is 5.32 Å². The number of thioether (sulfide) groups is 1. The lowest BCUT2D eigenvalue weighted by atomic mass is 10.2. The van der Waals surface area contributed by atoms with E-state index in [0.29, 0.717) is 6.04 Å². The van der Waals surface area contributed by atoms with Crippen LogP contribution in [0.5, 0.6) is 0 Å². The van der Waals surface area contributed by atoms with Crippen molar-refractivity contribution in [2.45, 2.75) is 30.7 Å². The van der Waals surface area contributed by atoms with Crippen molar-refractivity contribution in [2.24, 2.45) is 0 Å². The first-order valence-corrected chi connectivity index (χ1v) is 6.47. The molecule has 2 rings (SSSR count). The molecule has 1 atom stereocenters. The number of benzene rings is 1. The Morgan fingerprint density at radius 2 is 2.40 bits per heavy atom. The third-order valence-electron chi connectivity index (χ3n) is 2.93. The maximum Gasteiger partial charge on any atom is 0.0354 e. The van der Waals surface area contributed by atoms with Crippen molar-refractivity contribution >= 4 is 17.4 Å². The maximum atomic E-state index is 5.88. The van der Waals surface area contributed by atoms with Crippen molar-refractivity contribution in [3.8, 4) is 0 Å². The lowest BCUT2D eigenvalue weighted by Gasteiger charge is -2.11. The SMILES string of the molecule is Cc1c(N)cccc1SCC1CCCN1. The zero-order chi connectivity index (χ0) is 10.7. The maximum absolute atomic E-state index is 5.88. The van der Waals surface area contributed by atoms with Crippen LogP contribution in [0.4, 0.5) is 5.69 Å². The van der Waals surface area contributed by atoms with Crippen LogP contribution < -0.4 is 11.1 Å². The highest BCUT2D eigenvalue weighted by atomic mass is 32.2. The quantitative estimate of drug-likeness (QED) is 0.609. The number of anilines is 1. The van der Waals surface area contributed by atoms with Gasteiger partial charge in [-0.05, 0) is 44.0 Å². The van der Waals surface area contributed by atoms with Gasteiger partial charge in [0.2, 0.25) is 0 Å². The van der Waals surface area contributed by atoms with Gasteiger partial charge in [-0.1, -0.05) is 6.07 Å². The predicted octanol–water partition coefficient (Wildman–Crippen LogP) is 2.42. The molecule has 0 radical (unpaired) electrons. The molecule has 1 aliphatic rings. The number of hydrogen-bond donors (Lipinski definition) is 2. The van der Waals surface area contributed by atoms with E-state index in [1.54, 1.807) is 0 Å². The largest absolute Gasteiger partial charge is 0.398 e. The first kappa shape index (κ1) is 10.8. The van der Waals surface area contributed by atoms with Gasteiger partial charge >= 0.3 is 0 Å². The molecule has 0 amide bonds. The van der Waals surface area contributed by atoms with Crippen LogP contribution in [0.25, 0.3) is 0 Å². The van der Waals surface area contributed by atoms with Crippen molar-refractivity contribution < 1.29 is 0 Å². The van der Waals surface area contributed by atoms with Gasteiger partial charge in [0.1, 0.15) is 0 Å².